The smallest absolute Gasteiger partial charge is 0.262 e. The Hall–Kier alpha value is -3.04. The quantitative estimate of drug-likeness (QED) is 0.486. The Balaban J connectivity index is 1.53. The molecule has 1 heterocycles. The van der Waals surface area contributed by atoms with Gasteiger partial charge in [0.15, 0.2) is 0 Å². The molecule has 3 amide bonds. The first-order chi connectivity index (χ1) is 14.3. The summed E-state index contributed by atoms with van der Waals surface area (Å²) in [5.74, 6) is -1.58. The summed E-state index contributed by atoms with van der Waals surface area (Å²) in [6.45, 7) is 3.42. The van der Waals surface area contributed by atoms with Gasteiger partial charge in [-0.2, -0.15) is 0 Å². The van der Waals surface area contributed by atoms with E-state index < -0.39 is 33.8 Å². The van der Waals surface area contributed by atoms with Crippen molar-refractivity contribution in [3.63, 3.8) is 0 Å². The summed E-state index contributed by atoms with van der Waals surface area (Å²) in [5, 5.41) is 2.56. The molecule has 1 aliphatic rings. The van der Waals surface area contributed by atoms with Crippen molar-refractivity contribution >= 4 is 27.7 Å². The molecule has 2 aromatic rings. The van der Waals surface area contributed by atoms with E-state index in [4.69, 9.17) is 0 Å². The van der Waals surface area contributed by atoms with Crippen LogP contribution in [0.15, 0.2) is 53.4 Å². The third kappa shape index (κ3) is 4.27. The van der Waals surface area contributed by atoms with Gasteiger partial charge in [0.05, 0.1) is 16.0 Å². The van der Waals surface area contributed by atoms with Gasteiger partial charge in [0.1, 0.15) is 6.04 Å². The Morgan fingerprint density at radius 1 is 0.967 bits per heavy atom. The van der Waals surface area contributed by atoms with Crippen LogP contribution in [0.25, 0.3) is 0 Å². The van der Waals surface area contributed by atoms with Crippen LogP contribution in [0.3, 0.4) is 0 Å². The molecular formula is C21H23N3O5S. The molecule has 30 heavy (non-hydrogen) atoms. The lowest BCUT2D eigenvalue weighted by molar-refractivity contribution is -0.124. The van der Waals surface area contributed by atoms with E-state index in [0.29, 0.717) is 0 Å². The molecular weight excluding hydrogens is 406 g/mol. The number of imide groups is 1. The van der Waals surface area contributed by atoms with E-state index in [1.165, 1.54) is 19.1 Å². The zero-order valence-corrected chi connectivity index (χ0v) is 17.5. The molecule has 0 spiro atoms. The van der Waals surface area contributed by atoms with Gasteiger partial charge in [-0.1, -0.05) is 31.2 Å². The maximum Gasteiger partial charge on any atom is 0.262 e. The second-order valence-corrected chi connectivity index (χ2v) is 8.66. The molecule has 2 aromatic carbocycles. The molecule has 1 aliphatic heterocycles. The SMILES string of the molecule is CCc1ccc(S(=O)(=O)NCCNC(=O)C(C)N2C(=O)c3ccccc3C2=O)cc1. The van der Waals surface area contributed by atoms with E-state index in [0.717, 1.165) is 16.9 Å². The van der Waals surface area contributed by atoms with Gasteiger partial charge in [0, 0.05) is 13.1 Å². The molecule has 2 N–H and O–H groups in total. The maximum absolute atomic E-state index is 12.5. The lowest BCUT2D eigenvalue weighted by Crippen LogP contribution is -2.49. The minimum absolute atomic E-state index is 0.0125. The van der Waals surface area contributed by atoms with Crippen LogP contribution >= 0.6 is 0 Å². The van der Waals surface area contributed by atoms with Crippen LogP contribution in [0.1, 0.15) is 40.1 Å². The fourth-order valence-electron chi connectivity index (χ4n) is 3.18. The maximum atomic E-state index is 12.5. The third-order valence-corrected chi connectivity index (χ3v) is 6.43. The molecule has 8 nitrogen and oxygen atoms in total. The van der Waals surface area contributed by atoms with E-state index in [-0.39, 0.29) is 29.1 Å². The molecule has 158 valence electrons. The molecule has 0 aliphatic carbocycles. The van der Waals surface area contributed by atoms with Crippen molar-refractivity contribution in [3.05, 3.63) is 65.2 Å². The number of sulfonamides is 1. The first-order valence-electron chi connectivity index (χ1n) is 9.59. The van der Waals surface area contributed by atoms with Crippen molar-refractivity contribution < 1.29 is 22.8 Å². The van der Waals surface area contributed by atoms with Crippen molar-refractivity contribution in [2.75, 3.05) is 13.1 Å². The van der Waals surface area contributed by atoms with Gasteiger partial charge in [-0.3, -0.25) is 19.3 Å². The monoisotopic (exact) mass is 429 g/mol. The van der Waals surface area contributed by atoms with Crippen molar-refractivity contribution in [3.8, 4) is 0 Å². The number of carbonyl (C=O) groups excluding carboxylic acids is 3. The van der Waals surface area contributed by atoms with Crippen molar-refractivity contribution in [1.29, 1.82) is 0 Å². The minimum Gasteiger partial charge on any atom is -0.353 e. The first-order valence-corrected chi connectivity index (χ1v) is 11.1. The standard InChI is InChI=1S/C21H23N3O5S/c1-3-15-8-10-16(11-9-15)30(28,29)23-13-12-22-19(25)14(2)24-20(26)17-6-4-5-7-18(17)21(24)27/h4-11,14,23H,3,12-13H2,1-2H3,(H,22,25). The van der Waals surface area contributed by atoms with Gasteiger partial charge < -0.3 is 5.32 Å². The average Bonchev–Trinajstić information content (AvgIpc) is 3.01. The molecule has 0 fully saturated rings. The van der Waals surface area contributed by atoms with Gasteiger partial charge in [-0.25, -0.2) is 13.1 Å². The van der Waals surface area contributed by atoms with Gasteiger partial charge in [0.25, 0.3) is 11.8 Å². The molecule has 1 atom stereocenters. The van der Waals surface area contributed by atoms with Gasteiger partial charge >= 0.3 is 0 Å². The Morgan fingerprint density at radius 3 is 2.07 bits per heavy atom. The zero-order chi connectivity index (χ0) is 21.9. The highest BCUT2D eigenvalue weighted by Gasteiger charge is 2.40. The highest BCUT2D eigenvalue weighted by molar-refractivity contribution is 7.89. The predicted molar refractivity (Wildman–Crippen MR) is 110 cm³/mol. The van der Waals surface area contributed by atoms with Crippen LogP contribution in [0, 0.1) is 0 Å². The number of amides is 3. The number of carbonyl (C=O) groups is 3. The average molecular weight is 429 g/mol. The van der Waals surface area contributed by atoms with Gasteiger partial charge in [-0.05, 0) is 43.2 Å². The zero-order valence-electron chi connectivity index (χ0n) is 16.7. The minimum atomic E-state index is -3.69. The van der Waals surface area contributed by atoms with E-state index in [1.807, 2.05) is 6.92 Å². The summed E-state index contributed by atoms with van der Waals surface area (Å²) >= 11 is 0. The molecule has 0 radical (unpaired) electrons. The second kappa shape index (κ2) is 8.76. The van der Waals surface area contributed by atoms with E-state index >= 15 is 0 Å². The number of hydrogen-bond acceptors (Lipinski definition) is 5. The normalized spacial score (nSPS) is 14.5. The van der Waals surface area contributed by atoms with E-state index in [2.05, 4.69) is 10.0 Å². The highest BCUT2D eigenvalue weighted by atomic mass is 32.2. The number of aryl methyl sites for hydroxylation is 1. The summed E-state index contributed by atoms with van der Waals surface area (Å²) in [7, 11) is -3.69. The van der Waals surface area contributed by atoms with Crippen LogP contribution in [0.4, 0.5) is 0 Å². The van der Waals surface area contributed by atoms with Crippen molar-refractivity contribution in [2.45, 2.75) is 31.2 Å². The Morgan fingerprint density at radius 2 is 1.53 bits per heavy atom. The van der Waals surface area contributed by atoms with Gasteiger partial charge in [-0.15, -0.1) is 0 Å². The lowest BCUT2D eigenvalue weighted by Gasteiger charge is -2.21. The van der Waals surface area contributed by atoms with Crippen LogP contribution < -0.4 is 10.0 Å². The van der Waals surface area contributed by atoms with Crippen molar-refractivity contribution in [2.24, 2.45) is 0 Å². The fraction of sp³-hybridized carbons (Fsp3) is 0.286. The summed E-state index contributed by atoms with van der Waals surface area (Å²) in [6, 6.07) is 11.9. The Labute approximate surface area is 175 Å². The largest absolute Gasteiger partial charge is 0.353 e. The molecule has 3 rings (SSSR count). The van der Waals surface area contributed by atoms with Crippen LogP contribution in [0.5, 0.6) is 0 Å². The van der Waals surface area contributed by atoms with Gasteiger partial charge in [0.2, 0.25) is 15.9 Å². The topological polar surface area (TPSA) is 113 Å². The summed E-state index contributed by atoms with van der Waals surface area (Å²) < 4.78 is 27.0. The number of rotatable bonds is 8. The van der Waals surface area contributed by atoms with Crippen LogP contribution in [-0.2, 0) is 21.2 Å². The highest BCUT2D eigenvalue weighted by Crippen LogP contribution is 2.24. The molecule has 1 unspecified atom stereocenters. The Kier molecular flexibility index (Phi) is 6.33. The summed E-state index contributed by atoms with van der Waals surface area (Å²) in [5.41, 5.74) is 1.57. The first kappa shape index (κ1) is 21.7. The molecule has 0 aromatic heterocycles. The number of nitrogens with zero attached hydrogens (tertiary/aromatic N) is 1. The van der Waals surface area contributed by atoms with E-state index in [1.54, 1.807) is 36.4 Å². The number of nitrogens with one attached hydrogen (secondary N) is 2. The number of fused-ring (bicyclic) bond motifs is 1. The van der Waals surface area contributed by atoms with Crippen LogP contribution in [0.2, 0.25) is 0 Å². The molecule has 0 saturated carbocycles. The molecule has 0 saturated heterocycles. The number of hydrogen-bond donors (Lipinski definition) is 2. The molecule has 9 heteroatoms. The summed E-state index contributed by atoms with van der Waals surface area (Å²) in [6.07, 6.45) is 0.811. The second-order valence-electron chi connectivity index (χ2n) is 6.89. The van der Waals surface area contributed by atoms with Crippen molar-refractivity contribution in [1.82, 2.24) is 14.9 Å². The summed E-state index contributed by atoms with van der Waals surface area (Å²) in [4.78, 5) is 38.4. The lowest BCUT2D eigenvalue weighted by atomic mass is 10.1. The Bertz CT molecular complexity index is 1050. The predicted octanol–water partition coefficient (Wildman–Crippen LogP) is 1.33. The third-order valence-electron chi connectivity index (χ3n) is 4.95. The van der Waals surface area contributed by atoms with Crippen LogP contribution in [-0.4, -0.2) is 50.2 Å². The molecule has 0 bridgehead atoms. The fourth-order valence-corrected chi connectivity index (χ4v) is 4.22. The van der Waals surface area contributed by atoms with E-state index in [9.17, 15) is 22.8 Å². The number of benzene rings is 2.